The number of amides is 2. The summed E-state index contributed by atoms with van der Waals surface area (Å²) in [5.41, 5.74) is -0.793. The van der Waals surface area contributed by atoms with Crippen molar-refractivity contribution >= 4 is 12.0 Å². The Kier molecular flexibility index (Phi) is 4.52. The zero-order valence-electron chi connectivity index (χ0n) is 12.4. The van der Waals surface area contributed by atoms with E-state index in [1.165, 1.54) is 12.8 Å². The Bertz CT molecular complexity index is 388. The summed E-state index contributed by atoms with van der Waals surface area (Å²) < 4.78 is 0. The molecule has 0 aromatic rings. The second kappa shape index (κ2) is 5.99. The fourth-order valence-corrected chi connectivity index (χ4v) is 3.03. The maximum absolute atomic E-state index is 12.1. The highest BCUT2D eigenvalue weighted by Gasteiger charge is 2.42. The number of carboxylic acid groups (broad SMARTS) is 1. The van der Waals surface area contributed by atoms with E-state index in [1.807, 2.05) is 0 Å². The SMILES string of the molecule is CN1CCCCC1CNC(=O)N1CCC(C)(C(=O)O)C1. The zero-order valence-corrected chi connectivity index (χ0v) is 12.4. The molecule has 0 radical (unpaired) electrons. The van der Waals surface area contributed by atoms with Crippen LogP contribution < -0.4 is 5.32 Å². The lowest BCUT2D eigenvalue weighted by Gasteiger charge is -2.33. The average Bonchev–Trinajstić information content (AvgIpc) is 2.82. The molecule has 2 fully saturated rings. The number of carbonyl (C=O) groups is 2. The molecular formula is C14H25N3O3. The van der Waals surface area contributed by atoms with Crippen LogP contribution in [-0.2, 0) is 4.79 Å². The monoisotopic (exact) mass is 283 g/mol. The summed E-state index contributed by atoms with van der Waals surface area (Å²) in [7, 11) is 2.09. The Morgan fingerprint density at radius 1 is 1.35 bits per heavy atom. The number of nitrogens with one attached hydrogen (secondary N) is 1. The van der Waals surface area contributed by atoms with Crippen LogP contribution in [0.25, 0.3) is 0 Å². The molecule has 0 bridgehead atoms. The van der Waals surface area contributed by atoms with E-state index in [9.17, 15) is 14.7 Å². The topological polar surface area (TPSA) is 72.9 Å². The molecule has 2 saturated heterocycles. The summed E-state index contributed by atoms with van der Waals surface area (Å²) in [6.45, 7) is 4.26. The standard InChI is InChI=1S/C14H25N3O3/c1-14(12(18)19)6-8-17(10-14)13(20)15-9-11-5-3-4-7-16(11)2/h11H,3-10H2,1-2H3,(H,15,20)(H,18,19). The molecule has 2 aliphatic rings. The second-order valence-electron chi connectivity index (χ2n) is 6.35. The van der Waals surface area contributed by atoms with Crippen LogP contribution in [0.15, 0.2) is 0 Å². The normalized spacial score (nSPS) is 31.3. The molecule has 2 atom stereocenters. The van der Waals surface area contributed by atoms with E-state index in [0.717, 1.165) is 13.0 Å². The number of carboxylic acids is 1. The van der Waals surface area contributed by atoms with Gasteiger partial charge in [-0.05, 0) is 39.8 Å². The molecule has 0 aromatic carbocycles. The van der Waals surface area contributed by atoms with Crippen molar-refractivity contribution in [2.45, 2.75) is 38.6 Å². The number of hydrogen-bond acceptors (Lipinski definition) is 3. The van der Waals surface area contributed by atoms with Crippen LogP contribution in [0, 0.1) is 5.41 Å². The highest BCUT2D eigenvalue weighted by Crippen LogP contribution is 2.30. The van der Waals surface area contributed by atoms with Crippen molar-refractivity contribution in [3.05, 3.63) is 0 Å². The van der Waals surface area contributed by atoms with Crippen molar-refractivity contribution in [3.63, 3.8) is 0 Å². The van der Waals surface area contributed by atoms with Gasteiger partial charge in [-0.25, -0.2) is 4.79 Å². The van der Waals surface area contributed by atoms with Crippen LogP contribution in [0.4, 0.5) is 4.79 Å². The van der Waals surface area contributed by atoms with E-state index in [-0.39, 0.29) is 6.03 Å². The fourth-order valence-electron chi connectivity index (χ4n) is 3.03. The number of piperidine rings is 1. The summed E-state index contributed by atoms with van der Waals surface area (Å²) in [4.78, 5) is 27.2. The zero-order chi connectivity index (χ0) is 14.8. The molecule has 2 heterocycles. The van der Waals surface area contributed by atoms with Gasteiger partial charge in [-0.3, -0.25) is 4.79 Å². The smallest absolute Gasteiger partial charge is 0.317 e. The molecule has 0 aliphatic carbocycles. The number of likely N-dealkylation sites (N-methyl/N-ethyl adjacent to an activating group) is 1. The summed E-state index contributed by atoms with van der Waals surface area (Å²) >= 11 is 0. The number of urea groups is 1. The van der Waals surface area contributed by atoms with Crippen LogP contribution in [0.1, 0.15) is 32.6 Å². The third kappa shape index (κ3) is 3.23. The number of carbonyl (C=O) groups excluding carboxylic acids is 1. The average molecular weight is 283 g/mol. The molecule has 0 aromatic heterocycles. The highest BCUT2D eigenvalue weighted by molar-refractivity contribution is 5.79. The Morgan fingerprint density at radius 2 is 2.10 bits per heavy atom. The first-order chi connectivity index (χ1) is 9.42. The van der Waals surface area contributed by atoms with Gasteiger partial charge in [0.15, 0.2) is 0 Å². The summed E-state index contributed by atoms with van der Waals surface area (Å²) in [5, 5.41) is 12.1. The van der Waals surface area contributed by atoms with Gasteiger partial charge in [0.25, 0.3) is 0 Å². The molecule has 2 N–H and O–H groups in total. The largest absolute Gasteiger partial charge is 0.481 e. The lowest BCUT2D eigenvalue weighted by molar-refractivity contribution is -0.146. The van der Waals surface area contributed by atoms with E-state index in [1.54, 1.807) is 11.8 Å². The van der Waals surface area contributed by atoms with Crippen molar-refractivity contribution in [1.29, 1.82) is 0 Å². The van der Waals surface area contributed by atoms with Crippen molar-refractivity contribution < 1.29 is 14.7 Å². The number of rotatable bonds is 3. The lowest BCUT2D eigenvalue weighted by Crippen LogP contribution is -2.48. The molecule has 0 spiro atoms. The Balaban J connectivity index is 1.80. The maximum atomic E-state index is 12.1. The van der Waals surface area contributed by atoms with Crippen LogP contribution >= 0.6 is 0 Å². The summed E-state index contributed by atoms with van der Waals surface area (Å²) in [6.07, 6.45) is 4.08. The quantitative estimate of drug-likeness (QED) is 0.810. The van der Waals surface area contributed by atoms with E-state index < -0.39 is 11.4 Å². The number of likely N-dealkylation sites (tertiary alicyclic amines) is 2. The van der Waals surface area contributed by atoms with Crippen LogP contribution in [-0.4, -0.2) is 66.2 Å². The van der Waals surface area contributed by atoms with Gasteiger partial charge in [-0.15, -0.1) is 0 Å². The molecule has 6 nitrogen and oxygen atoms in total. The minimum Gasteiger partial charge on any atom is -0.481 e. The van der Waals surface area contributed by atoms with Crippen LogP contribution in [0.3, 0.4) is 0 Å². The number of hydrogen-bond donors (Lipinski definition) is 2. The molecule has 2 aliphatic heterocycles. The van der Waals surface area contributed by atoms with Crippen LogP contribution in [0.5, 0.6) is 0 Å². The van der Waals surface area contributed by atoms with Gasteiger partial charge in [0, 0.05) is 25.7 Å². The Labute approximate surface area is 120 Å². The third-order valence-electron chi connectivity index (χ3n) is 4.69. The maximum Gasteiger partial charge on any atom is 0.317 e. The molecule has 2 amide bonds. The lowest BCUT2D eigenvalue weighted by atomic mass is 9.90. The fraction of sp³-hybridized carbons (Fsp3) is 0.857. The van der Waals surface area contributed by atoms with Gasteiger partial charge in [0.2, 0.25) is 0 Å². The van der Waals surface area contributed by atoms with Gasteiger partial charge in [-0.1, -0.05) is 6.42 Å². The predicted molar refractivity (Wildman–Crippen MR) is 75.6 cm³/mol. The van der Waals surface area contributed by atoms with Crippen LogP contribution in [0.2, 0.25) is 0 Å². The Morgan fingerprint density at radius 3 is 2.70 bits per heavy atom. The molecule has 2 rings (SSSR count). The minimum absolute atomic E-state index is 0.131. The molecule has 114 valence electrons. The van der Waals surface area contributed by atoms with Gasteiger partial charge in [-0.2, -0.15) is 0 Å². The molecule has 2 unspecified atom stereocenters. The van der Waals surface area contributed by atoms with Gasteiger partial charge in [0.05, 0.1) is 5.41 Å². The van der Waals surface area contributed by atoms with Gasteiger partial charge in [0.1, 0.15) is 0 Å². The van der Waals surface area contributed by atoms with Crippen molar-refractivity contribution in [3.8, 4) is 0 Å². The molecule has 20 heavy (non-hydrogen) atoms. The summed E-state index contributed by atoms with van der Waals surface area (Å²) in [6, 6.07) is 0.273. The van der Waals surface area contributed by atoms with E-state index in [0.29, 0.717) is 32.1 Å². The third-order valence-corrected chi connectivity index (χ3v) is 4.69. The van der Waals surface area contributed by atoms with E-state index in [4.69, 9.17) is 0 Å². The van der Waals surface area contributed by atoms with Gasteiger partial charge < -0.3 is 20.2 Å². The number of aliphatic carboxylic acids is 1. The first-order valence-corrected chi connectivity index (χ1v) is 7.39. The molecule has 6 heteroatoms. The molecular weight excluding hydrogens is 258 g/mol. The highest BCUT2D eigenvalue weighted by atomic mass is 16.4. The first-order valence-electron chi connectivity index (χ1n) is 7.39. The summed E-state index contributed by atoms with van der Waals surface area (Å²) in [5.74, 6) is -0.820. The van der Waals surface area contributed by atoms with E-state index >= 15 is 0 Å². The van der Waals surface area contributed by atoms with E-state index in [2.05, 4.69) is 17.3 Å². The minimum atomic E-state index is -0.820. The van der Waals surface area contributed by atoms with Crippen molar-refractivity contribution in [2.75, 3.05) is 33.2 Å². The second-order valence-corrected chi connectivity index (χ2v) is 6.35. The first kappa shape index (κ1) is 15.1. The Hall–Kier alpha value is -1.30. The number of nitrogens with zero attached hydrogens (tertiary/aromatic N) is 2. The van der Waals surface area contributed by atoms with Crippen molar-refractivity contribution in [2.24, 2.45) is 5.41 Å². The van der Waals surface area contributed by atoms with Gasteiger partial charge >= 0.3 is 12.0 Å². The van der Waals surface area contributed by atoms with Crippen molar-refractivity contribution in [1.82, 2.24) is 15.1 Å². The predicted octanol–water partition coefficient (Wildman–Crippen LogP) is 0.977. The molecule has 0 saturated carbocycles.